The van der Waals surface area contributed by atoms with E-state index >= 15 is 0 Å². The molecule has 0 spiro atoms. The van der Waals surface area contributed by atoms with Crippen molar-refractivity contribution in [3.63, 3.8) is 0 Å². The van der Waals surface area contributed by atoms with Crippen molar-refractivity contribution >= 4 is 23.0 Å². The third kappa shape index (κ3) is 4.35. The highest BCUT2D eigenvalue weighted by Crippen LogP contribution is 2.42. The second-order valence-electron chi connectivity index (χ2n) is 8.13. The van der Waals surface area contributed by atoms with Gasteiger partial charge in [-0.3, -0.25) is 4.99 Å². The highest BCUT2D eigenvalue weighted by Gasteiger charge is 2.26. The first kappa shape index (κ1) is 21.1. The Hall–Kier alpha value is -3.12. The molecule has 4 rings (SSSR count). The quantitative estimate of drug-likeness (QED) is 0.461. The van der Waals surface area contributed by atoms with E-state index in [0.29, 0.717) is 18.3 Å². The van der Waals surface area contributed by atoms with E-state index in [9.17, 15) is 4.39 Å². The Morgan fingerprint density at radius 2 is 2.06 bits per heavy atom. The molecule has 0 saturated heterocycles. The van der Waals surface area contributed by atoms with Crippen LogP contribution in [0.3, 0.4) is 0 Å². The SMILES string of the molecule is CN=CC(=CN)c1ccc2c(c1)C(c1cc(N)c(F)cc1OCC1CC1)=CCC2NC. The fourth-order valence-corrected chi connectivity index (χ4v) is 4.02. The molecule has 2 aromatic rings. The van der Waals surface area contributed by atoms with Crippen LogP contribution < -0.4 is 21.5 Å². The average Bonchev–Trinajstić information content (AvgIpc) is 3.61. The lowest BCUT2D eigenvalue weighted by Crippen LogP contribution is -2.20. The van der Waals surface area contributed by atoms with Crippen LogP contribution in [0.1, 0.15) is 47.6 Å². The lowest BCUT2D eigenvalue weighted by molar-refractivity contribution is 0.297. The number of allylic oxidation sites excluding steroid dienone is 1. The minimum absolute atomic E-state index is 0.115. The van der Waals surface area contributed by atoms with Gasteiger partial charge < -0.3 is 21.5 Å². The number of anilines is 1. The van der Waals surface area contributed by atoms with Crippen LogP contribution in [-0.2, 0) is 0 Å². The van der Waals surface area contributed by atoms with Crippen molar-refractivity contribution in [1.29, 1.82) is 0 Å². The Balaban J connectivity index is 1.83. The van der Waals surface area contributed by atoms with Crippen LogP contribution in [0.5, 0.6) is 5.75 Å². The summed E-state index contributed by atoms with van der Waals surface area (Å²) in [5, 5.41) is 3.38. The largest absolute Gasteiger partial charge is 0.493 e. The van der Waals surface area contributed by atoms with E-state index in [1.165, 1.54) is 24.5 Å². The standard InChI is InChI=1S/C25H29FN4O/c1-29-13-17(12-27)16-5-6-19-20(9-16)18(7-8-24(19)30-2)21-10-23(28)22(26)11-25(21)31-14-15-3-4-15/h5-7,9-13,15,24,30H,3-4,8,14,27-28H2,1-2H3. The van der Waals surface area contributed by atoms with Gasteiger partial charge in [0.05, 0.1) is 12.3 Å². The maximum atomic E-state index is 14.3. The molecule has 5 nitrogen and oxygen atoms in total. The summed E-state index contributed by atoms with van der Waals surface area (Å²) in [7, 11) is 3.67. The van der Waals surface area contributed by atoms with Gasteiger partial charge in [-0.15, -0.1) is 0 Å². The molecule has 2 aliphatic rings. The highest BCUT2D eigenvalue weighted by molar-refractivity contribution is 6.10. The van der Waals surface area contributed by atoms with Crippen LogP contribution >= 0.6 is 0 Å². The smallest absolute Gasteiger partial charge is 0.149 e. The Kier molecular flexibility index (Phi) is 6.09. The van der Waals surface area contributed by atoms with Gasteiger partial charge >= 0.3 is 0 Å². The predicted molar refractivity (Wildman–Crippen MR) is 126 cm³/mol. The number of nitrogens with one attached hydrogen (secondary N) is 1. The van der Waals surface area contributed by atoms with Gasteiger partial charge in [0.1, 0.15) is 11.6 Å². The first-order valence-electron chi connectivity index (χ1n) is 10.6. The molecule has 0 heterocycles. The van der Waals surface area contributed by atoms with Gasteiger partial charge in [0.2, 0.25) is 0 Å². The van der Waals surface area contributed by atoms with E-state index in [1.54, 1.807) is 25.5 Å². The second-order valence-corrected chi connectivity index (χ2v) is 8.13. The van der Waals surface area contributed by atoms with Crippen molar-refractivity contribution in [3.05, 3.63) is 70.7 Å². The first-order chi connectivity index (χ1) is 15.0. The number of aliphatic imine (C=N–C) groups is 1. The Bertz CT molecular complexity index is 1070. The Labute approximate surface area is 182 Å². The number of halogens is 1. The summed E-state index contributed by atoms with van der Waals surface area (Å²) in [6.07, 6.45) is 8.61. The van der Waals surface area contributed by atoms with Crippen molar-refractivity contribution < 1.29 is 9.13 Å². The van der Waals surface area contributed by atoms with Crippen LogP contribution in [0.2, 0.25) is 0 Å². The molecule has 31 heavy (non-hydrogen) atoms. The molecule has 0 aliphatic heterocycles. The van der Waals surface area contributed by atoms with E-state index in [1.807, 2.05) is 7.05 Å². The Morgan fingerprint density at radius 1 is 1.26 bits per heavy atom. The molecule has 5 N–H and O–H groups in total. The number of fused-ring (bicyclic) bond motifs is 1. The normalized spacial score (nSPS) is 18.7. The number of nitrogens with two attached hydrogens (primary N) is 2. The predicted octanol–water partition coefficient (Wildman–Crippen LogP) is 4.29. The molecular weight excluding hydrogens is 391 g/mol. The lowest BCUT2D eigenvalue weighted by Gasteiger charge is -2.27. The summed E-state index contributed by atoms with van der Waals surface area (Å²) in [4.78, 5) is 4.11. The molecule has 1 saturated carbocycles. The van der Waals surface area contributed by atoms with E-state index in [0.717, 1.165) is 34.3 Å². The molecule has 0 radical (unpaired) electrons. The topological polar surface area (TPSA) is 85.7 Å². The van der Waals surface area contributed by atoms with Gasteiger partial charge in [-0.25, -0.2) is 4.39 Å². The third-order valence-corrected chi connectivity index (χ3v) is 5.97. The molecule has 1 fully saturated rings. The number of benzene rings is 2. The van der Waals surface area contributed by atoms with E-state index < -0.39 is 5.82 Å². The molecule has 2 aromatic carbocycles. The van der Waals surface area contributed by atoms with Gasteiger partial charge in [0, 0.05) is 42.7 Å². The van der Waals surface area contributed by atoms with E-state index in [2.05, 4.69) is 34.6 Å². The molecule has 0 aromatic heterocycles. The summed E-state index contributed by atoms with van der Waals surface area (Å²) in [5.74, 6) is 0.640. The van der Waals surface area contributed by atoms with Gasteiger partial charge in [0.25, 0.3) is 0 Å². The maximum absolute atomic E-state index is 14.3. The van der Waals surface area contributed by atoms with Crippen LogP contribution in [-0.4, -0.2) is 26.9 Å². The summed E-state index contributed by atoms with van der Waals surface area (Å²) in [6, 6.07) is 9.56. The lowest BCUT2D eigenvalue weighted by atomic mass is 9.82. The number of hydrogen-bond donors (Lipinski definition) is 3. The van der Waals surface area contributed by atoms with Crippen molar-refractivity contribution in [2.24, 2.45) is 16.6 Å². The van der Waals surface area contributed by atoms with Crippen LogP contribution in [0.4, 0.5) is 10.1 Å². The van der Waals surface area contributed by atoms with Gasteiger partial charge in [-0.1, -0.05) is 18.2 Å². The van der Waals surface area contributed by atoms with Crippen LogP contribution in [0, 0.1) is 11.7 Å². The zero-order valence-electron chi connectivity index (χ0n) is 18.0. The molecule has 0 bridgehead atoms. The second kappa shape index (κ2) is 8.94. The molecular formula is C25H29FN4O. The van der Waals surface area contributed by atoms with Crippen molar-refractivity contribution in [2.45, 2.75) is 25.3 Å². The van der Waals surface area contributed by atoms with E-state index in [-0.39, 0.29) is 11.7 Å². The third-order valence-electron chi connectivity index (χ3n) is 5.97. The van der Waals surface area contributed by atoms with Gasteiger partial charge in [-0.05, 0) is 66.6 Å². The summed E-state index contributed by atoms with van der Waals surface area (Å²) < 4.78 is 20.4. The van der Waals surface area contributed by atoms with Gasteiger partial charge in [0.15, 0.2) is 0 Å². The van der Waals surface area contributed by atoms with Gasteiger partial charge in [-0.2, -0.15) is 0 Å². The monoisotopic (exact) mass is 420 g/mol. The summed E-state index contributed by atoms with van der Waals surface area (Å²) in [6.45, 7) is 0.600. The summed E-state index contributed by atoms with van der Waals surface area (Å²) >= 11 is 0. The Morgan fingerprint density at radius 3 is 2.74 bits per heavy atom. The van der Waals surface area contributed by atoms with Crippen LogP contribution in [0.15, 0.2) is 47.6 Å². The fourth-order valence-electron chi connectivity index (χ4n) is 4.02. The maximum Gasteiger partial charge on any atom is 0.149 e. The van der Waals surface area contributed by atoms with Crippen molar-refractivity contribution in [2.75, 3.05) is 26.4 Å². The van der Waals surface area contributed by atoms with Crippen molar-refractivity contribution in [1.82, 2.24) is 5.32 Å². The number of rotatable bonds is 7. The van der Waals surface area contributed by atoms with E-state index in [4.69, 9.17) is 16.2 Å². The minimum Gasteiger partial charge on any atom is -0.493 e. The summed E-state index contributed by atoms with van der Waals surface area (Å²) in [5.41, 5.74) is 17.7. The molecule has 6 heteroatoms. The molecule has 1 atom stereocenters. The number of nitrogen functional groups attached to an aromatic ring is 1. The zero-order valence-corrected chi connectivity index (χ0v) is 18.0. The number of nitrogens with zero attached hydrogens (tertiary/aromatic N) is 1. The highest BCUT2D eigenvalue weighted by atomic mass is 19.1. The number of ether oxygens (including phenoxy) is 1. The average molecular weight is 421 g/mol. The molecule has 162 valence electrons. The number of hydrogen-bond acceptors (Lipinski definition) is 5. The molecule has 1 unspecified atom stereocenters. The first-order valence-corrected chi connectivity index (χ1v) is 10.6. The zero-order chi connectivity index (χ0) is 22.0. The molecule has 2 aliphatic carbocycles. The minimum atomic E-state index is -0.458. The molecule has 0 amide bonds. The van der Waals surface area contributed by atoms with Crippen molar-refractivity contribution in [3.8, 4) is 5.75 Å². The van der Waals surface area contributed by atoms with Crippen LogP contribution in [0.25, 0.3) is 11.1 Å². The fraction of sp³-hybridized carbons (Fsp3) is 0.320.